The minimum absolute atomic E-state index is 0. The van der Waals surface area contributed by atoms with Crippen molar-refractivity contribution >= 4 is 23.2 Å². The zero-order valence-corrected chi connectivity index (χ0v) is 33.8. The zero-order chi connectivity index (χ0) is 36.9. The second-order valence-corrected chi connectivity index (χ2v) is 14.9. The molecule has 0 unspecified atom stereocenters. The van der Waals surface area contributed by atoms with Gasteiger partial charge >= 0.3 is 0 Å². The van der Waals surface area contributed by atoms with E-state index in [1.165, 1.54) is 38.9 Å². The monoisotopic (exact) mass is 761 g/mol. The highest BCUT2D eigenvalue weighted by Crippen LogP contribution is 2.23. The molecule has 0 spiro atoms. The number of halogens is 2. The van der Waals surface area contributed by atoms with Gasteiger partial charge in [0, 0.05) is 10.0 Å². The number of benzene rings is 5. The van der Waals surface area contributed by atoms with Gasteiger partial charge in [-0.25, -0.2) is 0 Å². The minimum atomic E-state index is 0. The quantitative estimate of drug-likeness (QED) is 0.167. The van der Waals surface area contributed by atoms with Crippen molar-refractivity contribution in [3.05, 3.63) is 176 Å². The molecule has 0 atom stereocenters. The molecule has 5 rings (SSSR count). The first-order valence-corrected chi connectivity index (χ1v) is 18.6. The van der Waals surface area contributed by atoms with Crippen LogP contribution in [0.5, 0.6) is 0 Å². The summed E-state index contributed by atoms with van der Waals surface area (Å²) in [5.41, 5.74) is 9.46. The average Bonchev–Trinajstić information content (AvgIpc) is 3.07. The maximum Gasteiger partial charge on any atom is 0.0440 e. The van der Waals surface area contributed by atoms with Crippen molar-refractivity contribution in [3.8, 4) is 0 Å². The molecule has 0 fully saturated rings. The van der Waals surface area contributed by atoms with Gasteiger partial charge in [0.25, 0.3) is 0 Å². The molecule has 0 aliphatic heterocycles. The van der Waals surface area contributed by atoms with Crippen LogP contribution < -0.4 is 0 Å². The Morgan fingerprint density at radius 3 is 0.962 bits per heavy atom. The van der Waals surface area contributed by atoms with Crippen molar-refractivity contribution in [1.29, 1.82) is 0 Å². The van der Waals surface area contributed by atoms with Crippen LogP contribution in [0.3, 0.4) is 0 Å². The van der Waals surface area contributed by atoms with Crippen molar-refractivity contribution in [2.75, 3.05) is 0 Å². The molecule has 5 aromatic carbocycles. The van der Waals surface area contributed by atoms with Crippen LogP contribution in [0.25, 0.3) is 0 Å². The van der Waals surface area contributed by atoms with Crippen LogP contribution in [0.1, 0.15) is 167 Å². The van der Waals surface area contributed by atoms with Gasteiger partial charge in [-0.1, -0.05) is 242 Å². The van der Waals surface area contributed by atoms with Gasteiger partial charge in [0.1, 0.15) is 0 Å². The summed E-state index contributed by atoms with van der Waals surface area (Å²) < 4.78 is 0. The van der Waals surface area contributed by atoms with Crippen LogP contribution in [-0.4, -0.2) is 0 Å². The first-order valence-electron chi connectivity index (χ1n) is 17.8. The Hall–Kier alpha value is -3.32. The number of hydrogen-bond donors (Lipinski definition) is 0. The van der Waals surface area contributed by atoms with E-state index in [9.17, 15) is 0 Å². The summed E-state index contributed by atoms with van der Waals surface area (Å²) in [5, 5.41) is 1.70. The highest BCUT2D eigenvalue weighted by Gasteiger charge is 2.01. The second kappa shape index (κ2) is 31.1. The Labute approximate surface area is 340 Å². The zero-order valence-electron chi connectivity index (χ0n) is 32.3. The van der Waals surface area contributed by atoms with E-state index in [1.807, 2.05) is 42.5 Å². The van der Waals surface area contributed by atoms with E-state index in [1.54, 1.807) is 0 Å². The highest BCUT2D eigenvalue weighted by molar-refractivity contribution is 6.31. The van der Waals surface area contributed by atoms with Crippen molar-refractivity contribution in [1.82, 2.24) is 0 Å². The van der Waals surface area contributed by atoms with E-state index in [-0.39, 0.29) is 29.7 Å². The molecule has 53 heavy (non-hydrogen) atoms. The van der Waals surface area contributed by atoms with Gasteiger partial charge in [-0.3, -0.25) is 0 Å². The lowest BCUT2D eigenvalue weighted by molar-refractivity contribution is 0.866. The fraction of sp³-hybridized carbons (Fsp3) is 0.412. The Morgan fingerprint density at radius 2 is 0.679 bits per heavy atom. The predicted molar refractivity (Wildman–Crippen MR) is 249 cm³/mol. The van der Waals surface area contributed by atoms with Gasteiger partial charge in [0.05, 0.1) is 0 Å². The standard InChI is InChI=1S/2C10H14.2C9H11Cl.C9H12.4CH4/c2*1-8(2)10-6-4-9(3)5-7-10;1-7(2)8-4-3-5-9(10)6-8;1-7(2)8-5-3-4-6-9(8)10;1-8(2)9-6-4-3-5-7-9;;;;/h2*4-8H,1-3H3;2*3-7H,1-2H3;3-8H,1-2H3;4*1H4. The molecule has 0 amide bonds. The van der Waals surface area contributed by atoms with Crippen LogP contribution >= 0.6 is 23.2 Å². The molecule has 0 bridgehead atoms. The van der Waals surface area contributed by atoms with Crippen molar-refractivity contribution in [2.45, 2.75) is 142 Å². The Morgan fingerprint density at radius 1 is 0.340 bits per heavy atom. The summed E-state index contributed by atoms with van der Waals surface area (Å²) in [7, 11) is 0. The molecule has 2 heteroatoms. The van der Waals surface area contributed by atoms with Crippen molar-refractivity contribution in [2.24, 2.45) is 0 Å². The summed E-state index contributed by atoms with van der Waals surface area (Å²) in [4.78, 5) is 0. The van der Waals surface area contributed by atoms with Crippen LogP contribution in [0.15, 0.2) is 127 Å². The molecule has 0 nitrogen and oxygen atoms in total. The van der Waals surface area contributed by atoms with E-state index >= 15 is 0 Å². The number of hydrogen-bond acceptors (Lipinski definition) is 0. The van der Waals surface area contributed by atoms with Crippen LogP contribution in [0.4, 0.5) is 0 Å². The van der Waals surface area contributed by atoms with E-state index in [0.717, 1.165) is 10.0 Å². The van der Waals surface area contributed by atoms with Crippen molar-refractivity contribution in [3.63, 3.8) is 0 Å². The van der Waals surface area contributed by atoms with Gasteiger partial charge in [-0.2, -0.15) is 0 Å². The maximum absolute atomic E-state index is 5.92. The number of rotatable bonds is 5. The van der Waals surface area contributed by atoms with Crippen LogP contribution in [0.2, 0.25) is 10.0 Å². The van der Waals surface area contributed by atoms with Gasteiger partial charge < -0.3 is 0 Å². The third-order valence-corrected chi connectivity index (χ3v) is 8.58. The lowest BCUT2D eigenvalue weighted by Gasteiger charge is -2.05. The molecule has 0 aromatic heterocycles. The molecular weight excluding hydrogens is 683 g/mol. The lowest BCUT2D eigenvalue weighted by Crippen LogP contribution is -1.86. The molecule has 0 radical (unpaired) electrons. The Kier molecular flexibility index (Phi) is 33.1. The smallest absolute Gasteiger partial charge is 0.0440 e. The Balaban J connectivity index is -0.000000278. The number of aryl methyl sites for hydroxylation is 2. The average molecular weight is 762 g/mol. The van der Waals surface area contributed by atoms with Crippen LogP contribution in [-0.2, 0) is 0 Å². The molecule has 0 saturated heterocycles. The Bertz CT molecular complexity index is 1500. The second-order valence-electron chi connectivity index (χ2n) is 14.1. The predicted octanol–water partition coefficient (Wildman–Crippen LogP) is 18.5. The normalized spacial score (nSPS) is 9.57. The molecule has 0 N–H and O–H groups in total. The summed E-state index contributed by atoms with van der Waals surface area (Å²) in [5.74, 6) is 3.06. The highest BCUT2D eigenvalue weighted by atomic mass is 35.5. The van der Waals surface area contributed by atoms with Gasteiger partial charge in [-0.05, 0) is 89.5 Å². The minimum Gasteiger partial charge on any atom is -0.0843 e. The molecule has 296 valence electrons. The van der Waals surface area contributed by atoms with Crippen LogP contribution in [0, 0.1) is 13.8 Å². The van der Waals surface area contributed by atoms with Gasteiger partial charge in [0.2, 0.25) is 0 Å². The van der Waals surface area contributed by atoms with Crippen molar-refractivity contribution < 1.29 is 0 Å². The maximum atomic E-state index is 5.92. The summed E-state index contributed by atoms with van der Waals surface area (Å²) in [6.07, 6.45) is 0. The molecule has 5 aromatic rings. The van der Waals surface area contributed by atoms with Gasteiger partial charge in [0.15, 0.2) is 0 Å². The first-order chi connectivity index (χ1) is 23.1. The van der Waals surface area contributed by atoms with E-state index in [2.05, 4.69) is 168 Å². The molecule has 0 saturated carbocycles. The summed E-state index contributed by atoms with van der Waals surface area (Å²) in [6, 6.07) is 43.9. The third-order valence-electron chi connectivity index (χ3n) is 8.00. The topological polar surface area (TPSA) is 0 Å². The molecular formula is C51H78Cl2. The first kappa shape index (κ1) is 56.4. The molecule has 0 heterocycles. The summed E-state index contributed by atoms with van der Waals surface area (Å²) in [6.45, 7) is 26.1. The molecule has 0 aliphatic carbocycles. The van der Waals surface area contributed by atoms with E-state index < -0.39 is 0 Å². The van der Waals surface area contributed by atoms with E-state index in [0.29, 0.717) is 29.6 Å². The third kappa shape index (κ3) is 24.6. The lowest BCUT2D eigenvalue weighted by atomic mass is 10.0. The molecule has 0 aliphatic rings. The SMILES string of the molecule is C.C.C.C.CC(C)c1cccc(Cl)c1.CC(C)c1ccccc1.CC(C)c1ccccc1Cl.Cc1ccc(C(C)C)cc1.Cc1ccc(C(C)C)cc1. The largest absolute Gasteiger partial charge is 0.0843 e. The van der Waals surface area contributed by atoms with E-state index in [4.69, 9.17) is 23.2 Å². The summed E-state index contributed by atoms with van der Waals surface area (Å²) >= 11 is 11.7. The fourth-order valence-electron chi connectivity index (χ4n) is 4.55. The fourth-order valence-corrected chi connectivity index (χ4v) is 5.10. The van der Waals surface area contributed by atoms with Gasteiger partial charge in [-0.15, -0.1) is 0 Å².